The van der Waals surface area contributed by atoms with Gasteiger partial charge in [-0.15, -0.1) is 0 Å². The minimum absolute atomic E-state index is 0.0904. The molecule has 1 amide bonds. The van der Waals surface area contributed by atoms with Gasteiger partial charge in [0.25, 0.3) is 0 Å². The molecule has 4 rings (SSSR count). The van der Waals surface area contributed by atoms with E-state index in [9.17, 15) is 18.0 Å². The van der Waals surface area contributed by atoms with Gasteiger partial charge in [0.1, 0.15) is 5.75 Å². The Kier molecular flexibility index (Phi) is 4.56. The molecule has 1 heterocycles. The number of benzene rings is 2. The van der Waals surface area contributed by atoms with Gasteiger partial charge in [0.15, 0.2) is 5.76 Å². The third kappa shape index (κ3) is 3.70. The van der Waals surface area contributed by atoms with Gasteiger partial charge in [0, 0.05) is 17.3 Å². The van der Waals surface area contributed by atoms with Crippen molar-refractivity contribution in [1.82, 2.24) is 5.16 Å². The van der Waals surface area contributed by atoms with Crippen LogP contribution in [0.1, 0.15) is 24.1 Å². The van der Waals surface area contributed by atoms with Gasteiger partial charge < -0.3 is 14.6 Å². The van der Waals surface area contributed by atoms with E-state index in [1.54, 1.807) is 25.3 Å². The number of aromatic nitrogens is 1. The standard InChI is InChI=1S/C21H17F3N2O3/c1-28-16-7-2-4-13(10-16)17-12-18(26-29-17)20(8-9-20)19(27)25-15-6-3-5-14(11-15)21(22,23)24/h2-7,10-12H,8-9H2,1H3,(H,25,27). The zero-order valence-corrected chi connectivity index (χ0v) is 15.4. The normalized spacial score (nSPS) is 15.0. The third-order valence-corrected chi connectivity index (χ3v) is 4.99. The lowest BCUT2D eigenvalue weighted by Crippen LogP contribution is -2.28. The van der Waals surface area contributed by atoms with Gasteiger partial charge in [-0.25, -0.2) is 0 Å². The zero-order chi connectivity index (χ0) is 20.6. The van der Waals surface area contributed by atoms with Crippen LogP contribution >= 0.6 is 0 Å². The molecule has 1 aliphatic rings. The summed E-state index contributed by atoms with van der Waals surface area (Å²) in [6, 6.07) is 13.5. The number of rotatable bonds is 5. The largest absolute Gasteiger partial charge is 0.497 e. The molecule has 1 N–H and O–H groups in total. The highest BCUT2D eigenvalue weighted by molar-refractivity contribution is 6.01. The number of alkyl halides is 3. The van der Waals surface area contributed by atoms with Crippen molar-refractivity contribution in [2.75, 3.05) is 12.4 Å². The average molecular weight is 402 g/mol. The predicted octanol–water partition coefficient (Wildman–Crippen LogP) is 5.04. The monoisotopic (exact) mass is 402 g/mol. The quantitative estimate of drug-likeness (QED) is 0.650. The number of carbonyl (C=O) groups excluding carboxylic acids is 1. The van der Waals surface area contributed by atoms with Crippen LogP contribution in [0.3, 0.4) is 0 Å². The van der Waals surface area contributed by atoms with Crippen molar-refractivity contribution >= 4 is 11.6 Å². The second kappa shape index (κ2) is 6.95. The summed E-state index contributed by atoms with van der Waals surface area (Å²) in [5.74, 6) is 0.739. The Morgan fingerprint density at radius 1 is 1.14 bits per heavy atom. The van der Waals surface area contributed by atoms with Crippen molar-refractivity contribution in [3.05, 3.63) is 65.9 Å². The van der Waals surface area contributed by atoms with Gasteiger partial charge >= 0.3 is 6.18 Å². The molecule has 2 aromatic carbocycles. The molecule has 1 aromatic heterocycles. The van der Waals surface area contributed by atoms with Gasteiger partial charge in [-0.05, 0) is 43.2 Å². The lowest BCUT2D eigenvalue weighted by molar-refractivity contribution is -0.137. The number of nitrogens with one attached hydrogen (secondary N) is 1. The number of nitrogens with zero attached hydrogens (tertiary/aromatic N) is 1. The summed E-state index contributed by atoms with van der Waals surface area (Å²) >= 11 is 0. The average Bonchev–Trinajstić information content (AvgIpc) is 3.37. The summed E-state index contributed by atoms with van der Waals surface area (Å²) in [6.07, 6.45) is -3.39. The highest BCUT2D eigenvalue weighted by Crippen LogP contribution is 2.49. The maximum absolute atomic E-state index is 12.9. The van der Waals surface area contributed by atoms with Crippen LogP contribution in [0.25, 0.3) is 11.3 Å². The number of anilines is 1. The Bertz CT molecular complexity index is 1060. The van der Waals surface area contributed by atoms with Gasteiger partial charge in [-0.3, -0.25) is 4.79 Å². The highest BCUT2D eigenvalue weighted by atomic mass is 19.4. The van der Waals surface area contributed by atoms with Crippen molar-refractivity contribution in [3.63, 3.8) is 0 Å². The molecule has 1 aliphatic carbocycles. The highest BCUT2D eigenvalue weighted by Gasteiger charge is 2.54. The van der Waals surface area contributed by atoms with Crippen LogP contribution in [-0.4, -0.2) is 18.2 Å². The first-order valence-electron chi connectivity index (χ1n) is 8.92. The molecule has 8 heteroatoms. The lowest BCUT2D eigenvalue weighted by Gasteiger charge is -2.14. The molecule has 1 fully saturated rings. The molecule has 29 heavy (non-hydrogen) atoms. The summed E-state index contributed by atoms with van der Waals surface area (Å²) < 4.78 is 49.3. The summed E-state index contributed by atoms with van der Waals surface area (Å²) in [7, 11) is 1.56. The van der Waals surface area contributed by atoms with Crippen LogP contribution in [0, 0.1) is 0 Å². The predicted molar refractivity (Wildman–Crippen MR) is 99.5 cm³/mol. The number of ether oxygens (including phenoxy) is 1. The Labute approximate surface area is 164 Å². The van der Waals surface area contributed by atoms with Crippen molar-refractivity contribution in [2.45, 2.75) is 24.4 Å². The van der Waals surface area contributed by atoms with Crippen LogP contribution in [-0.2, 0) is 16.4 Å². The number of amides is 1. The van der Waals surface area contributed by atoms with Gasteiger partial charge in [0.2, 0.25) is 5.91 Å². The summed E-state index contributed by atoms with van der Waals surface area (Å²) in [6.45, 7) is 0. The molecular weight excluding hydrogens is 385 g/mol. The van der Waals surface area contributed by atoms with Crippen LogP contribution in [0.15, 0.2) is 59.1 Å². The van der Waals surface area contributed by atoms with Crippen molar-refractivity contribution in [2.24, 2.45) is 0 Å². The molecular formula is C21H17F3N2O3. The Morgan fingerprint density at radius 3 is 2.59 bits per heavy atom. The first-order valence-corrected chi connectivity index (χ1v) is 8.92. The SMILES string of the molecule is COc1cccc(-c2cc(C3(C(=O)Nc4cccc(C(F)(F)F)c4)CC3)no2)c1. The van der Waals surface area contributed by atoms with Crippen molar-refractivity contribution in [3.8, 4) is 17.1 Å². The molecule has 0 aliphatic heterocycles. The van der Waals surface area contributed by atoms with E-state index in [0.29, 0.717) is 30.0 Å². The second-order valence-electron chi connectivity index (χ2n) is 6.92. The molecule has 0 spiro atoms. The fourth-order valence-corrected chi connectivity index (χ4v) is 3.16. The molecule has 0 atom stereocenters. The van der Waals surface area contributed by atoms with Crippen molar-refractivity contribution in [1.29, 1.82) is 0 Å². The summed E-state index contributed by atoms with van der Waals surface area (Å²) in [4.78, 5) is 12.8. The number of methoxy groups -OCH3 is 1. The van der Waals surface area contributed by atoms with Crippen LogP contribution < -0.4 is 10.1 Å². The number of halogens is 3. The molecule has 150 valence electrons. The smallest absolute Gasteiger partial charge is 0.416 e. The first kappa shape index (κ1) is 19.0. The molecule has 1 saturated carbocycles. The third-order valence-electron chi connectivity index (χ3n) is 4.99. The summed E-state index contributed by atoms with van der Waals surface area (Å²) in [5.41, 5.74) is -0.416. The second-order valence-corrected chi connectivity index (χ2v) is 6.92. The van der Waals surface area contributed by atoms with Crippen LogP contribution in [0.2, 0.25) is 0 Å². The fourth-order valence-electron chi connectivity index (χ4n) is 3.16. The molecule has 0 saturated heterocycles. The Morgan fingerprint density at radius 2 is 1.90 bits per heavy atom. The van der Waals surface area contributed by atoms with Gasteiger partial charge in [0.05, 0.1) is 23.8 Å². The minimum Gasteiger partial charge on any atom is -0.497 e. The lowest BCUT2D eigenvalue weighted by atomic mass is 10.00. The maximum atomic E-state index is 12.9. The fraction of sp³-hybridized carbons (Fsp3) is 0.238. The maximum Gasteiger partial charge on any atom is 0.416 e. The van der Waals surface area contributed by atoms with E-state index in [2.05, 4.69) is 10.5 Å². The number of hydrogen-bond donors (Lipinski definition) is 1. The van der Waals surface area contributed by atoms with Crippen molar-refractivity contribution < 1.29 is 27.2 Å². The topological polar surface area (TPSA) is 64.4 Å². The minimum atomic E-state index is -4.48. The van der Waals surface area contributed by atoms with Crippen LogP contribution in [0.5, 0.6) is 5.75 Å². The van der Waals surface area contributed by atoms with Crippen LogP contribution in [0.4, 0.5) is 18.9 Å². The first-order chi connectivity index (χ1) is 13.8. The number of hydrogen-bond acceptors (Lipinski definition) is 4. The molecule has 0 radical (unpaired) electrons. The molecule has 5 nitrogen and oxygen atoms in total. The molecule has 0 bridgehead atoms. The van der Waals surface area contributed by atoms with E-state index < -0.39 is 23.1 Å². The van der Waals surface area contributed by atoms with E-state index in [1.165, 1.54) is 12.1 Å². The van der Waals surface area contributed by atoms with E-state index in [4.69, 9.17) is 9.26 Å². The number of carbonyl (C=O) groups is 1. The Hall–Kier alpha value is -3.29. The Balaban J connectivity index is 1.55. The van der Waals surface area contributed by atoms with Gasteiger partial charge in [-0.2, -0.15) is 13.2 Å². The van der Waals surface area contributed by atoms with E-state index in [-0.39, 0.29) is 5.69 Å². The zero-order valence-electron chi connectivity index (χ0n) is 15.4. The van der Waals surface area contributed by atoms with E-state index in [0.717, 1.165) is 17.7 Å². The molecule has 0 unspecified atom stereocenters. The van der Waals surface area contributed by atoms with Gasteiger partial charge in [-0.1, -0.05) is 23.4 Å². The summed E-state index contributed by atoms with van der Waals surface area (Å²) in [5, 5.41) is 6.63. The van der Waals surface area contributed by atoms with E-state index in [1.807, 2.05) is 12.1 Å². The van der Waals surface area contributed by atoms with E-state index >= 15 is 0 Å². The molecule has 3 aromatic rings.